The molecule has 24 heavy (non-hydrogen) atoms. The van der Waals surface area contributed by atoms with Crippen molar-refractivity contribution in [1.29, 1.82) is 0 Å². The Kier molecular flexibility index (Phi) is 4.84. The first-order valence-electron chi connectivity index (χ1n) is 7.68. The van der Waals surface area contributed by atoms with Crippen molar-refractivity contribution in [1.82, 2.24) is 24.6 Å². The van der Waals surface area contributed by atoms with Crippen molar-refractivity contribution < 1.29 is 9.59 Å². The minimum Gasteiger partial charge on any atom is -0.337 e. The first-order valence-corrected chi connectivity index (χ1v) is 8.67. The van der Waals surface area contributed by atoms with Gasteiger partial charge in [0.2, 0.25) is 5.91 Å². The smallest absolute Gasteiger partial charge is 0.282 e. The fourth-order valence-corrected chi connectivity index (χ4v) is 3.36. The molecule has 0 N–H and O–H groups in total. The third-order valence-electron chi connectivity index (χ3n) is 4.20. The zero-order chi connectivity index (χ0) is 17.1. The summed E-state index contributed by atoms with van der Waals surface area (Å²) in [6, 6.07) is 7.76. The summed E-state index contributed by atoms with van der Waals surface area (Å²) in [5, 5.41) is 4.08. The molecular formula is C16H19N5O2S. The minimum absolute atomic E-state index is 0.0124. The molecule has 0 saturated carbocycles. The highest BCUT2D eigenvalue weighted by atomic mass is 32.2. The van der Waals surface area contributed by atoms with Gasteiger partial charge in [-0.3, -0.25) is 9.59 Å². The lowest BCUT2D eigenvalue weighted by Crippen LogP contribution is -2.39. The molecule has 8 heteroatoms. The second-order valence-electron chi connectivity index (χ2n) is 5.65. The second-order valence-corrected chi connectivity index (χ2v) is 6.69. The van der Waals surface area contributed by atoms with Gasteiger partial charge in [-0.25, -0.2) is 9.67 Å². The van der Waals surface area contributed by atoms with E-state index >= 15 is 0 Å². The van der Waals surface area contributed by atoms with Gasteiger partial charge in [0.05, 0.1) is 11.7 Å². The van der Waals surface area contributed by atoms with Crippen molar-refractivity contribution in [3.8, 4) is 5.69 Å². The summed E-state index contributed by atoms with van der Waals surface area (Å²) in [6.07, 6.45) is 3.13. The molecule has 7 nitrogen and oxygen atoms in total. The molecule has 2 aromatic rings. The van der Waals surface area contributed by atoms with E-state index < -0.39 is 0 Å². The predicted molar refractivity (Wildman–Crippen MR) is 92.0 cm³/mol. The number of hydrogen-bond donors (Lipinski definition) is 0. The number of thioether (sulfide) groups is 1. The molecule has 1 fully saturated rings. The molecule has 0 unspecified atom stereocenters. The lowest BCUT2D eigenvalue weighted by atomic mass is 10.1. The van der Waals surface area contributed by atoms with Gasteiger partial charge in [0.15, 0.2) is 0 Å². The average molecular weight is 345 g/mol. The summed E-state index contributed by atoms with van der Waals surface area (Å²) in [6.45, 7) is 2.76. The van der Waals surface area contributed by atoms with Crippen LogP contribution in [-0.4, -0.2) is 61.6 Å². The average Bonchev–Trinajstić information content (AvgIpc) is 3.26. The van der Waals surface area contributed by atoms with Gasteiger partial charge < -0.3 is 9.80 Å². The largest absolute Gasteiger partial charge is 0.337 e. The van der Waals surface area contributed by atoms with Gasteiger partial charge in [-0.1, -0.05) is 23.9 Å². The molecule has 1 atom stereocenters. The summed E-state index contributed by atoms with van der Waals surface area (Å²) in [5.74, 6) is 0.702. The molecule has 1 aromatic carbocycles. The minimum atomic E-state index is -0.0762. The molecule has 1 saturated heterocycles. The highest BCUT2D eigenvalue weighted by Gasteiger charge is 2.26. The first-order chi connectivity index (χ1) is 11.6. The number of hydrogen-bond acceptors (Lipinski definition) is 5. The van der Waals surface area contributed by atoms with E-state index in [4.69, 9.17) is 0 Å². The molecule has 0 bridgehead atoms. The Hall–Kier alpha value is -2.35. The van der Waals surface area contributed by atoms with Gasteiger partial charge in [-0.2, -0.15) is 5.10 Å². The number of carbonyl (C=O) groups is 2. The van der Waals surface area contributed by atoms with Crippen LogP contribution < -0.4 is 0 Å². The van der Waals surface area contributed by atoms with Crippen molar-refractivity contribution in [2.45, 2.75) is 13.0 Å². The van der Waals surface area contributed by atoms with Crippen LogP contribution in [-0.2, 0) is 4.79 Å². The summed E-state index contributed by atoms with van der Waals surface area (Å²) in [5.41, 5.74) is 1.94. The van der Waals surface area contributed by atoms with E-state index in [2.05, 4.69) is 10.1 Å². The third-order valence-corrected chi connectivity index (χ3v) is 5.10. The van der Waals surface area contributed by atoms with Gasteiger partial charge in [0.1, 0.15) is 19.2 Å². The van der Waals surface area contributed by atoms with Crippen molar-refractivity contribution >= 4 is 22.9 Å². The van der Waals surface area contributed by atoms with Crippen molar-refractivity contribution in [2.24, 2.45) is 0 Å². The summed E-state index contributed by atoms with van der Waals surface area (Å²) in [4.78, 5) is 31.3. The number of nitrogens with zero attached hydrogens (tertiary/aromatic N) is 5. The maximum absolute atomic E-state index is 12.4. The van der Waals surface area contributed by atoms with Crippen LogP contribution in [0.25, 0.3) is 5.69 Å². The predicted octanol–water partition coefficient (Wildman–Crippen LogP) is 1.96. The van der Waals surface area contributed by atoms with E-state index in [1.807, 2.05) is 31.2 Å². The molecule has 1 aliphatic heterocycles. The maximum atomic E-state index is 12.4. The highest BCUT2D eigenvalue weighted by molar-refractivity contribution is 8.13. The van der Waals surface area contributed by atoms with Gasteiger partial charge in [0, 0.05) is 19.3 Å². The Morgan fingerprint density at radius 1 is 1.38 bits per heavy atom. The first kappa shape index (κ1) is 16.5. The lowest BCUT2D eigenvalue weighted by Gasteiger charge is -2.27. The van der Waals surface area contributed by atoms with E-state index in [1.54, 1.807) is 27.9 Å². The number of likely N-dealkylation sites (N-methyl/N-ethyl adjacent to an activating group) is 1. The fourth-order valence-electron chi connectivity index (χ4n) is 2.53. The molecule has 1 aromatic heterocycles. The SMILES string of the molecule is C[C@@H](c1ccc(-n2cncn2)cc1)N(C)C(=O)CN1CCSC1=O. The quantitative estimate of drug-likeness (QED) is 0.828. The second kappa shape index (κ2) is 7.04. The molecule has 126 valence electrons. The zero-order valence-corrected chi connectivity index (χ0v) is 14.4. The molecule has 1 aliphatic rings. The van der Waals surface area contributed by atoms with Gasteiger partial charge in [0.25, 0.3) is 5.24 Å². The Bertz CT molecular complexity index is 717. The molecule has 0 radical (unpaired) electrons. The van der Waals surface area contributed by atoms with E-state index in [1.165, 1.54) is 18.1 Å². The molecule has 3 rings (SSSR count). The van der Waals surface area contributed by atoms with Crippen LogP contribution in [0, 0.1) is 0 Å². The Labute approximate surface area is 144 Å². The zero-order valence-electron chi connectivity index (χ0n) is 13.6. The highest BCUT2D eigenvalue weighted by Crippen LogP contribution is 2.22. The molecule has 0 aliphatic carbocycles. The van der Waals surface area contributed by atoms with Crippen LogP contribution in [0.1, 0.15) is 18.5 Å². The van der Waals surface area contributed by atoms with E-state index in [0.29, 0.717) is 6.54 Å². The summed E-state index contributed by atoms with van der Waals surface area (Å²) >= 11 is 1.27. The van der Waals surface area contributed by atoms with Gasteiger partial charge in [-0.15, -0.1) is 0 Å². The van der Waals surface area contributed by atoms with Crippen LogP contribution in [0.4, 0.5) is 4.79 Å². The molecule has 2 amide bonds. The fraction of sp³-hybridized carbons (Fsp3) is 0.375. The normalized spacial score (nSPS) is 15.6. The summed E-state index contributed by atoms with van der Waals surface area (Å²) < 4.78 is 1.68. The van der Waals surface area contributed by atoms with Crippen LogP contribution in [0.15, 0.2) is 36.9 Å². The van der Waals surface area contributed by atoms with Gasteiger partial charge >= 0.3 is 0 Å². The molecule has 2 heterocycles. The standard InChI is InChI=1S/C16H19N5O2S/c1-12(19(2)15(22)9-20-7-8-24-16(20)23)13-3-5-14(6-4-13)21-11-17-10-18-21/h3-6,10-12H,7-9H2,1-2H3/t12-/m0/s1. The van der Waals surface area contributed by atoms with Crippen molar-refractivity contribution in [3.05, 3.63) is 42.5 Å². The van der Waals surface area contributed by atoms with E-state index in [-0.39, 0.29) is 23.7 Å². The molecular weight excluding hydrogens is 326 g/mol. The lowest BCUT2D eigenvalue weighted by molar-refractivity contribution is -0.132. The number of amides is 2. The third kappa shape index (κ3) is 3.43. The van der Waals surface area contributed by atoms with Crippen molar-refractivity contribution in [2.75, 3.05) is 25.9 Å². The topological polar surface area (TPSA) is 71.3 Å². The monoisotopic (exact) mass is 345 g/mol. The maximum Gasteiger partial charge on any atom is 0.282 e. The number of rotatable bonds is 5. The van der Waals surface area contributed by atoms with Crippen LogP contribution in [0.5, 0.6) is 0 Å². The van der Waals surface area contributed by atoms with E-state index in [0.717, 1.165) is 17.0 Å². The Morgan fingerprint density at radius 2 is 2.12 bits per heavy atom. The number of aromatic nitrogens is 3. The van der Waals surface area contributed by atoms with Crippen LogP contribution >= 0.6 is 11.8 Å². The Balaban J connectivity index is 1.65. The number of carbonyl (C=O) groups excluding carboxylic acids is 2. The van der Waals surface area contributed by atoms with Crippen LogP contribution in [0.3, 0.4) is 0 Å². The Morgan fingerprint density at radius 3 is 2.71 bits per heavy atom. The van der Waals surface area contributed by atoms with Crippen molar-refractivity contribution in [3.63, 3.8) is 0 Å². The molecule has 0 spiro atoms. The van der Waals surface area contributed by atoms with Gasteiger partial charge in [-0.05, 0) is 24.6 Å². The number of benzene rings is 1. The van der Waals surface area contributed by atoms with Crippen LogP contribution in [0.2, 0.25) is 0 Å². The summed E-state index contributed by atoms with van der Waals surface area (Å²) in [7, 11) is 1.77. The van der Waals surface area contributed by atoms with E-state index in [9.17, 15) is 9.59 Å².